The van der Waals surface area contributed by atoms with Crippen molar-refractivity contribution in [2.75, 3.05) is 0 Å². The third-order valence-corrected chi connectivity index (χ3v) is 2.61. The molecule has 0 aromatic heterocycles. The van der Waals surface area contributed by atoms with Crippen LogP contribution in [-0.4, -0.2) is 12.1 Å². The molecule has 14 heavy (non-hydrogen) atoms. The van der Waals surface area contributed by atoms with Crippen LogP contribution in [0.4, 0.5) is 0 Å². The van der Waals surface area contributed by atoms with E-state index in [-0.39, 0.29) is 0 Å². The number of rotatable bonds is 7. The van der Waals surface area contributed by atoms with E-state index in [1.54, 1.807) is 0 Å². The quantitative estimate of drug-likeness (QED) is 0.657. The largest absolute Gasteiger partial charge is 0.312 e. The molecule has 0 rings (SSSR count). The van der Waals surface area contributed by atoms with Crippen LogP contribution in [-0.2, 0) is 0 Å². The van der Waals surface area contributed by atoms with E-state index >= 15 is 0 Å². The minimum atomic E-state index is 0.613. The molecule has 1 heteroatoms. The van der Waals surface area contributed by atoms with Crippen LogP contribution in [0, 0.1) is 11.8 Å². The fourth-order valence-corrected chi connectivity index (χ4v) is 1.98. The molecule has 0 heterocycles. The Bertz CT molecular complexity index is 129. The number of hydrogen-bond acceptors (Lipinski definition) is 1. The summed E-state index contributed by atoms with van der Waals surface area (Å²) in [6, 6.07) is 1.28. The zero-order valence-corrected chi connectivity index (χ0v) is 10.9. The van der Waals surface area contributed by atoms with Crippen LogP contribution in [0.15, 0.2) is 0 Å². The molecule has 0 aliphatic rings. The normalized spacial score (nSPS) is 16.3. The summed E-state index contributed by atoms with van der Waals surface area (Å²) in [5.74, 6) is 1.71. The summed E-state index contributed by atoms with van der Waals surface area (Å²) in [5.41, 5.74) is 0. The van der Waals surface area contributed by atoms with Gasteiger partial charge in [0.25, 0.3) is 0 Å². The van der Waals surface area contributed by atoms with Crippen LogP contribution in [0.5, 0.6) is 0 Å². The first-order valence-corrected chi connectivity index (χ1v) is 6.17. The van der Waals surface area contributed by atoms with E-state index in [1.807, 2.05) is 0 Å². The summed E-state index contributed by atoms with van der Waals surface area (Å²) in [4.78, 5) is 0. The first-order chi connectivity index (χ1) is 6.41. The summed E-state index contributed by atoms with van der Waals surface area (Å²) < 4.78 is 0. The lowest BCUT2D eigenvalue weighted by molar-refractivity contribution is 0.361. The lowest BCUT2D eigenvalue weighted by Crippen LogP contribution is -2.33. The number of nitrogens with one attached hydrogen (secondary N) is 1. The summed E-state index contributed by atoms with van der Waals surface area (Å²) in [7, 11) is 0. The first kappa shape index (κ1) is 14.0. The van der Waals surface area contributed by atoms with Crippen LogP contribution in [0.3, 0.4) is 0 Å². The number of hydrogen-bond donors (Lipinski definition) is 1. The Morgan fingerprint density at radius 1 is 0.857 bits per heavy atom. The first-order valence-electron chi connectivity index (χ1n) is 6.17. The Labute approximate surface area is 90.7 Å². The van der Waals surface area contributed by atoms with Gasteiger partial charge >= 0.3 is 0 Å². The van der Waals surface area contributed by atoms with Crippen molar-refractivity contribution in [3.63, 3.8) is 0 Å². The van der Waals surface area contributed by atoms with Crippen molar-refractivity contribution in [1.29, 1.82) is 0 Å². The van der Waals surface area contributed by atoms with Crippen molar-refractivity contribution in [3.8, 4) is 0 Å². The second kappa shape index (κ2) is 7.28. The maximum Gasteiger partial charge on any atom is 0.00436 e. The molecule has 0 amide bonds. The molecule has 0 aliphatic heterocycles. The average molecular weight is 199 g/mol. The standard InChI is InChI=1S/C13H29N/c1-10(2)7-8-12(5)9-13(6)14-11(3)4/h10-14H,7-9H2,1-6H3. The van der Waals surface area contributed by atoms with Crippen LogP contribution in [0.1, 0.15) is 60.8 Å². The molecule has 2 unspecified atom stereocenters. The predicted octanol–water partition coefficient (Wildman–Crippen LogP) is 3.84. The Kier molecular flexibility index (Phi) is 7.26. The zero-order chi connectivity index (χ0) is 11.1. The van der Waals surface area contributed by atoms with E-state index in [1.165, 1.54) is 19.3 Å². The zero-order valence-electron chi connectivity index (χ0n) is 10.9. The third-order valence-electron chi connectivity index (χ3n) is 2.61. The fraction of sp³-hybridized carbons (Fsp3) is 1.00. The molecular weight excluding hydrogens is 170 g/mol. The molecule has 0 saturated carbocycles. The summed E-state index contributed by atoms with van der Waals surface area (Å²) in [6.07, 6.45) is 4.06. The van der Waals surface area contributed by atoms with Gasteiger partial charge in [0.1, 0.15) is 0 Å². The van der Waals surface area contributed by atoms with Crippen molar-refractivity contribution >= 4 is 0 Å². The van der Waals surface area contributed by atoms with Crippen LogP contribution in [0.2, 0.25) is 0 Å². The van der Waals surface area contributed by atoms with Gasteiger partial charge in [0.15, 0.2) is 0 Å². The second-order valence-electron chi connectivity index (χ2n) is 5.53. The molecule has 0 radical (unpaired) electrons. The van der Waals surface area contributed by atoms with E-state index in [0.717, 1.165) is 11.8 Å². The maximum absolute atomic E-state index is 3.56. The van der Waals surface area contributed by atoms with Gasteiger partial charge in [-0.05, 0) is 25.2 Å². The van der Waals surface area contributed by atoms with Gasteiger partial charge in [0.05, 0.1) is 0 Å². The van der Waals surface area contributed by atoms with Crippen LogP contribution < -0.4 is 5.32 Å². The van der Waals surface area contributed by atoms with Gasteiger partial charge in [-0.15, -0.1) is 0 Å². The van der Waals surface area contributed by atoms with Gasteiger partial charge in [-0.25, -0.2) is 0 Å². The lowest BCUT2D eigenvalue weighted by atomic mass is 9.94. The molecule has 0 spiro atoms. The highest BCUT2D eigenvalue weighted by molar-refractivity contribution is 4.67. The van der Waals surface area contributed by atoms with Crippen LogP contribution >= 0.6 is 0 Å². The molecular formula is C13H29N. The molecule has 0 aromatic rings. The smallest absolute Gasteiger partial charge is 0.00436 e. The van der Waals surface area contributed by atoms with E-state index in [0.29, 0.717) is 12.1 Å². The highest BCUT2D eigenvalue weighted by Crippen LogP contribution is 2.16. The van der Waals surface area contributed by atoms with E-state index in [4.69, 9.17) is 0 Å². The molecule has 0 saturated heterocycles. The van der Waals surface area contributed by atoms with Crippen molar-refractivity contribution in [1.82, 2.24) is 5.32 Å². The van der Waals surface area contributed by atoms with Gasteiger partial charge in [0.2, 0.25) is 0 Å². The molecule has 1 N–H and O–H groups in total. The highest BCUT2D eigenvalue weighted by atomic mass is 14.9. The molecule has 0 aromatic carbocycles. The summed E-state index contributed by atoms with van der Waals surface area (Å²) >= 11 is 0. The Balaban J connectivity index is 3.55. The Morgan fingerprint density at radius 2 is 1.43 bits per heavy atom. The minimum Gasteiger partial charge on any atom is -0.312 e. The lowest BCUT2D eigenvalue weighted by Gasteiger charge is -2.21. The predicted molar refractivity (Wildman–Crippen MR) is 65.6 cm³/mol. The fourth-order valence-electron chi connectivity index (χ4n) is 1.98. The average Bonchev–Trinajstić information content (AvgIpc) is 1.98. The second-order valence-corrected chi connectivity index (χ2v) is 5.53. The van der Waals surface area contributed by atoms with Crippen molar-refractivity contribution in [2.24, 2.45) is 11.8 Å². The molecule has 0 bridgehead atoms. The third kappa shape index (κ3) is 8.55. The summed E-state index contributed by atoms with van der Waals surface area (Å²) in [5, 5.41) is 3.56. The van der Waals surface area contributed by atoms with E-state index in [2.05, 4.69) is 46.9 Å². The molecule has 0 aliphatic carbocycles. The van der Waals surface area contributed by atoms with Gasteiger partial charge < -0.3 is 5.32 Å². The highest BCUT2D eigenvalue weighted by Gasteiger charge is 2.09. The van der Waals surface area contributed by atoms with Crippen molar-refractivity contribution in [2.45, 2.75) is 72.9 Å². The molecule has 0 fully saturated rings. The topological polar surface area (TPSA) is 12.0 Å². The van der Waals surface area contributed by atoms with E-state index in [9.17, 15) is 0 Å². The van der Waals surface area contributed by atoms with Crippen molar-refractivity contribution in [3.05, 3.63) is 0 Å². The summed E-state index contributed by atoms with van der Waals surface area (Å²) in [6.45, 7) is 13.7. The molecule has 2 atom stereocenters. The Hall–Kier alpha value is -0.0400. The van der Waals surface area contributed by atoms with Gasteiger partial charge in [-0.2, -0.15) is 0 Å². The van der Waals surface area contributed by atoms with Gasteiger partial charge in [-0.1, -0.05) is 47.5 Å². The molecule has 1 nitrogen and oxygen atoms in total. The van der Waals surface area contributed by atoms with Gasteiger partial charge in [0, 0.05) is 12.1 Å². The van der Waals surface area contributed by atoms with Gasteiger partial charge in [-0.3, -0.25) is 0 Å². The Morgan fingerprint density at radius 3 is 1.86 bits per heavy atom. The maximum atomic E-state index is 3.56. The SMILES string of the molecule is CC(C)CCC(C)CC(C)NC(C)C. The molecule has 86 valence electrons. The van der Waals surface area contributed by atoms with Crippen molar-refractivity contribution < 1.29 is 0 Å². The monoisotopic (exact) mass is 199 g/mol. The van der Waals surface area contributed by atoms with Crippen LogP contribution in [0.25, 0.3) is 0 Å². The minimum absolute atomic E-state index is 0.613. The van der Waals surface area contributed by atoms with E-state index < -0.39 is 0 Å².